The van der Waals surface area contributed by atoms with Crippen molar-refractivity contribution in [1.82, 2.24) is 15.0 Å². The molecular weight excluding hydrogens is 418 g/mol. The van der Waals surface area contributed by atoms with Gasteiger partial charge in [0.25, 0.3) is 5.89 Å². The fourth-order valence-corrected chi connectivity index (χ4v) is 5.29. The first-order valence-corrected chi connectivity index (χ1v) is 11.7. The van der Waals surface area contributed by atoms with Crippen molar-refractivity contribution in [3.8, 4) is 28.6 Å². The molecule has 2 aliphatic carbocycles. The van der Waals surface area contributed by atoms with Crippen LogP contribution >= 0.6 is 0 Å². The summed E-state index contributed by atoms with van der Waals surface area (Å²) in [7, 11) is 0. The third-order valence-corrected chi connectivity index (χ3v) is 7.26. The predicted octanol–water partition coefficient (Wildman–Crippen LogP) is 3.60. The fourth-order valence-electron chi connectivity index (χ4n) is 5.29. The Hall–Kier alpha value is -3.19. The quantitative estimate of drug-likeness (QED) is 0.598. The summed E-state index contributed by atoms with van der Waals surface area (Å²) in [5.41, 5.74) is 4.06. The number of ether oxygens (including phenoxy) is 1. The van der Waals surface area contributed by atoms with Gasteiger partial charge in [-0.1, -0.05) is 23.4 Å². The molecule has 3 aliphatic rings. The Morgan fingerprint density at radius 3 is 2.82 bits per heavy atom. The van der Waals surface area contributed by atoms with Gasteiger partial charge in [-0.3, -0.25) is 4.79 Å². The molecule has 7 heteroatoms. The third kappa shape index (κ3) is 3.70. The number of β-amino-alcohol motifs (C(OH)–C–C–N with tert-alkyl or cyclic N) is 1. The minimum atomic E-state index is -0.180. The summed E-state index contributed by atoms with van der Waals surface area (Å²) >= 11 is 0. The number of fused-ring (bicyclic) bond motifs is 2. The highest BCUT2D eigenvalue weighted by Gasteiger charge is 2.48. The molecule has 2 aromatic carbocycles. The van der Waals surface area contributed by atoms with E-state index in [2.05, 4.69) is 16.2 Å². The summed E-state index contributed by atoms with van der Waals surface area (Å²) < 4.78 is 11.4. The second-order valence-electron chi connectivity index (χ2n) is 9.53. The molecule has 6 rings (SSSR count). The average Bonchev–Trinajstić information content (AvgIpc) is 3.27. The predicted molar refractivity (Wildman–Crippen MR) is 122 cm³/mol. The number of nitrogens with zero attached hydrogens (tertiary/aromatic N) is 3. The number of rotatable bonds is 7. The number of hydrogen-bond acceptors (Lipinski definition) is 6. The number of hydrogen-bond donors (Lipinski definition) is 1. The molecule has 1 atom stereocenters. The Balaban J connectivity index is 1.25. The van der Waals surface area contributed by atoms with E-state index >= 15 is 0 Å². The number of carbonyl (C=O) groups is 1. The first-order valence-electron chi connectivity index (χ1n) is 11.7. The van der Waals surface area contributed by atoms with Crippen molar-refractivity contribution in [2.45, 2.75) is 37.5 Å². The summed E-state index contributed by atoms with van der Waals surface area (Å²) in [6.07, 6.45) is 4.83. The Kier molecular flexibility index (Phi) is 4.94. The number of likely N-dealkylation sites (tertiary alicyclic amines) is 1. The van der Waals surface area contributed by atoms with Gasteiger partial charge in [0, 0.05) is 36.1 Å². The van der Waals surface area contributed by atoms with Gasteiger partial charge in [-0.25, -0.2) is 0 Å². The lowest BCUT2D eigenvalue weighted by Gasteiger charge is -2.24. The zero-order valence-corrected chi connectivity index (χ0v) is 18.5. The smallest absolute Gasteiger partial charge is 0.258 e. The Morgan fingerprint density at radius 1 is 1.18 bits per heavy atom. The minimum Gasteiger partial charge on any atom is -0.493 e. The third-order valence-electron chi connectivity index (χ3n) is 7.26. The molecule has 7 nitrogen and oxygen atoms in total. The van der Waals surface area contributed by atoms with Gasteiger partial charge >= 0.3 is 0 Å². The lowest BCUT2D eigenvalue weighted by atomic mass is 9.80. The SMILES string of the molecule is O=C1C[C@]2(CCc3c(-c4noc(-c5ccc(OCC6CC6)cc5)n4)cccc32)CN1CCO. The van der Waals surface area contributed by atoms with Crippen molar-refractivity contribution < 1.29 is 19.2 Å². The van der Waals surface area contributed by atoms with Gasteiger partial charge in [0.15, 0.2) is 0 Å². The number of aliphatic hydroxyl groups excluding tert-OH is 1. The largest absolute Gasteiger partial charge is 0.493 e. The van der Waals surface area contributed by atoms with Gasteiger partial charge in [0.05, 0.1) is 13.2 Å². The van der Waals surface area contributed by atoms with E-state index in [1.807, 2.05) is 36.4 Å². The van der Waals surface area contributed by atoms with Crippen LogP contribution in [0.1, 0.15) is 36.8 Å². The zero-order chi connectivity index (χ0) is 22.4. The van der Waals surface area contributed by atoms with E-state index in [0.29, 0.717) is 31.2 Å². The molecule has 2 fully saturated rings. The van der Waals surface area contributed by atoms with E-state index in [1.165, 1.54) is 24.0 Å². The van der Waals surface area contributed by atoms with Gasteiger partial charge < -0.3 is 19.3 Å². The molecule has 1 aliphatic heterocycles. The maximum Gasteiger partial charge on any atom is 0.258 e. The normalized spacial score (nSPS) is 21.7. The van der Waals surface area contributed by atoms with E-state index in [0.717, 1.165) is 42.2 Å². The van der Waals surface area contributed by atoms with Crippen LogP contribution in [0, 0.1) is 5.92 Å². The lowest BCUT2D eigenvalue weighted by Crippen LogP contribution is -2.32. The standard InChI is InChI=1S/C26H27N3O4/c30-13-12-29-16-26(14-23(29)31)11-10-20-21(2-1-3-22(20)26)24-27-25(33-28-24)18-6-8-19(9-7-18)32-15-17-4-5-17/h1-3,6-9,17,30H,4-5,10-16H2/t26-/m1/s1. The van der Waals surface area contributed by atoms with Gasteiger partial charge in [0.1, 0.15) is 5.75 Å². The van der Waals surface area contributed by atoms with Gasteiger partial charge in [-0.05, 0) is 67.0 Å². The number of aromatic nitrogens is 2. The molecule has 0 unspecified atom stereocenters. The van der Waals surface area contributed by atoms with Gasteiger partial charge in [0.2, 0.25) is 11.7 Å². The second kappa shape index (κ2) is 7.99. The van der Waals surface area contributed by atoms with Crippen LogP contribution in [0.3, 0.4) is 0 Å². The van der Waals surface area contributed by atoms with Crippen molar-refractivity contribution in [3.05, 3.63) is 53.6 Å². The number of amides is 1. The maximum absolute atomic E-state index is 12.5. The molecule has 170 valence electrons. The van der Waals surface area contributed by atoms with Crippen LogP contribution < -0.4 is 4.74 Å². The van der Waals surface area contributed by atoms with Crippen molar-refractivity contribution in [2.75, 3.05) is 26.3 Å². The summed E-state index contributed by atoms with van der Waals surface area (Å²) in [6, 6.07) is 14.0. The van der Waals surface area contributed by atoms with Gasteiger partial charge in [-0.15, -0.1) is 0 Å². The number of aliphatic hydroxyl groups is 1. The molecule has 3 aromatic rings. The summed E-state index contributed by atoms with van der Waals surface area (Å²) in [6.45, 7) is 1.84. The molecule has 1 amide bonds. The first-order chi connectivity index (χ1) is 16.1. The highest BCUT2D eigenvalue weighted by molar-refractivity contribution is 5.82. The maximum atomic E-state index is 12.5. The first kappa shape index (κ1) is 20.4. The fraction of sp³-hybridized carbons (Fsp3) is 0.423. The summed E-state index contributed by atoms with van der Waals surface area (Å²) in [5.74, 6) is 2.75. The Morgan fingerprint density at radius 2 is 2.03 bits per heavy atom. The van der Waals surface area contributed by atoms with Crippen LogP contribution in [0.25, 0.3) is 22.8 Å². The second-order valence-corrected chi connectivity index (χ2v) is 9.53. The molecule has 0 radical (unpaired) electrons. The van der Waals surface area contributed by atoms with Crippen LogP contribution in [0.4, 0.5) is 0 Å². The van der Waals surface area contributed by atoms with Crippen LogP contribution in [0.2, 0.25) is 0 Å². The van der Waals surface area contributed by atoms with E-state index in [-0.39, 0.29) is 17.9 Å². The Bertz CT molecular complexity index is 1180. The highest BCUT2D eigenvalue weighted by Crippen LogP contribution is 2.48. The monoisotopic (exact) mass is 445 g/mol. The summed E-state index contributed by atoms with van der Waals surface area (Å²) in [5, 5.41) is 13.6. The van der Waals surface area contributed by atoms with Crippen molar-refractivity contribution in [1.29, 1.82) is 0 Å². The molecule has 2 heterocycles. The van der Waals surface area contributed by atoms with Crippen molar-refractivity contribution >= 4 is 5.91 Å². The molecule has 1 spiro atoms. The van der Waals surface area contributed by atoms with E-state index in [4.69, 9.17) is 9.26 Å². The van der Waals surface area contributed by atoms with Crippen LogP contribution in [-0.4, -0.2) is 52.4 Å². The molecular formula is C26H27N3O4. The molecule has 1 saturated carbocycles. The molecule has 33 heavy (non-hydrogen) atoms. The van der Waals surface area contributed by atoms with Crippen molar-refractivity contribution in [2.24, 2.45) is 5.92 Å². The van der Waals surface area contributed by atoms with E-state index in [1.54, 1.807) is 4.90 Å². The van der Waals surface area contributed by atoms with Crippen LogP contribution in [0.5, 0.6) is 5.75 Å². The topological polar surface area (TPSA) is 88.7 Å². The van der Waals surface area contributed by atoms with Crippen LogP contribution in [0.15, 0.2) is 47.0 Å². The Labute approximate surface area is 192 Å². The average molecular weight is 446 g/mol. The molecule has 1 N–H and O–H groups in total. The minimum absolute atomic E-state index is 0.00598. The molecule has 0 bridgehead atoms. The van der Waals surface area contributed by atoms with Crippen LogP contribution in [-0.2, 0) is 16.6 Å². The molecule has 1 saturated heterocycles. The lowest BCUT2D eigenvalue weighted by molar-refractivity contribution is -0.128. The van der Waals surface area contributed by atoms with E-state index in [9.17, 15) is 9.90 Å². The number of carbonyl (C=O) groups excluding carboxylic acids is 1. The molecule has 1 aromatic heterocycles. The highest BCUT2D eigenvalue weighted by atomic mass is 16.5. The van der Waals surface area contributed by atoms with E-state index < -0.39 is 0 Å². The summed E-state index contributed by atoms with van der Waals surface area (Å²) in [4.78, 5) is 19.0. The zero-order valence-electron chi connectivity index (χ0n) is 18.5. The van der Waals surface area contributed by atoms with Crippen molar-refractivity contribution in [3.63, 3.8) is 0 Å². The van der Waals surface area contributed by atoms with Gasteiger partial charge in [-0.2, -0.15) is 4.98 Å². The number of benzene rings is 2.